The predicted octanol–water partition coefficient (Wildman–Crippen LogP) is 1.92. The van der Waals surface area contributed by atoms with E-state index in [9.17, 15) is 35.5 Å². The second-order valence-corrected chi connectivity index (χ2v) is 12.8. The quantitative estimate of drug-likeness (QED) is 0.417. The number of nitrogens with zero attached hydrogens (tertiary/aromatic N) is 3. The van der Waals surface area contributed by atoms with Gasteiger partial charge in [0.25, 0.3) is 0 Å². The molecule has 35 heavy (non-hydrogen) atoms. The van der Waals surface area contributed by atoms with E-state index in [1.54, 1.807) is 0 Å². The monoisotopic (exact) mass is 527 g/mol. The van der Waals surface area contributed by atoms with Crippen molar-refractivity contribution in [1.82, 2.24) is 14.8 Å². The molecule has 1 unspecified atom stereocenters. The Labute approximate surface area is 201 Å². The molecule has 13 heteroatoms. The van der Waals surface area contributed by atoms with E-state index in [0.29, 0.717) is 6.07 Å². The van der Waals surface area contributed by atoms with Crippen LogP contribution in [0.4, 0.5) is 8.78 Å². The van der Waals surface area contributed by atoms with Gasteiger partial charge in [-0.15, -0.1) is 0 Å². The number of sulfone groups is 2. The second-order valence-electron chi connectivity index (χ2n) is 8.18. The molecule has 0 aliphatic rings. The van der Waals surface area contributed by atoms with Gasteiger partial charge in [-0.25, -0.2) is 35.3 Å². The molecule has 0 radical (unpaired) electrons. The maximum absolute atomic E-state index is 14.7. The number of carbonyl (C=O) groups is 1. The number of ketones is 1. The van der Waals surface area contributed by atoms with E-state index in [1.165, 1.54) is 30.6 Å². The number of Topliss-reactive ketones (excluding diaryl/α,β-unsaturated/α-hetero) is 1. The Hall–Kier alpha value is -3.03. The van der Waals surface area contributed by atoms with Crippen LogP contribution < -0.4 is 0 Å². The van der Waals surface area contributed by atoms with Gasteiger partial charge in [0.2, 0.25) is 0 Å². The molecule has 0 saturated heterocycles. The molecule has 0 saturated carbocycles. The van der Waals surface area contributed by atoms with E-state index in [-0.39, 0.29) is 10.5 Å². The molecule has 3 aromatic rings. The van der Waals surface area contributed by atoms with Gasteiger partial charge in [0.15, 0.2) is 25.5 Å². The van der Waals surface area contributed by atoms with Crippen molar-refractivity contribution in [1.29, 1.82) is 0 Å². The summed E-state index contributed by atoms with van der Waals surface area (Å²) in [6.07, 6.45) is 3.31. The minimum absolute atomic E-state index is 0.0491. The van der Waals surface area contributed by atoms with Crippen molar-refractivity contribution in [2.45, 2.75) is 41.4 Å². The van der Waals surface area contributed by atoms with Crippen molar-refractivity contribution in [3.8, 4) is 0 Å². The molecule has 0 bridgehead atoms. The number of benzene rings is 2. The minimum atomic E-state index is -4.50. The van der Waals surface area contributed by atoms with E-state index in [4.69, 9.17) is 0 Å². The molecule has 0 fully saturated rings. The van der Waals surface area contributed by atoms with Crippen LogP contribution in [0.25, 0.3) is 0 Å². The highest BCUT2D eigenvalue weighted by Crippen LogP contribution is 2.35. The summed E-state index contributed by atoms with van der Waals surface area (Å²) in [5, 5.41) is 11.9. The lowest BCUT2D eigenvalue weighted by Gasteiger charge is -2.35. The summed E-state index contributed by atoms with van der Waals surface area (Å²) >= 11 is 0. The fourth-order valence-corrected chi connectivity index (χ4v) is 6.09. The number of halogens is 2. The average molecular weight is 528 g/mol. The van der Waals surface area contributed by atoms with Gasteiger partial charge in [-0.1, -0.05) is 18.2 Å². The molecular weight excluding hydrogens is 504 g/mol. The van der Waals surface area contributed by atoms with Gasteiger partial charge in [-0.05, 0) is 32.0 Å². The summed E-state index contributed by atoms with van der Waals surface area (Å²) in [6, 6.07) is 7.07. The topological polar surface area (TPSA) is 136 Å². The van der Waals surface area contributed by atoms with Gasteiger partial charge in [-0.2, -0.15) is 5.10 Å². The van der Waals surface area contributed by atoms with Gasteiger partial charge < -0.3 is 5.11 Å². The molecule has 1 aromatic heterocycles. The molecule has 3 rings (SSSR count). The van der Waals surface area contributed by atoms with Crippen LogP contribution in [-0.2, 0) is 31.8 Å². The number of hydrogen-bond acceptors (Lipinski definition) is 8. The van der Waals surface area contributed by atoms with Gasteiger partial charge in [0.05, 0.1) is 16.7 Å². The number of carbonyl (C=O) groups excluding carboxylic acids is 1. The van der Waals surface area contributed by atoms with Crippen LogP contribution in [0.15, 0.2) is 60.0 Å². The minimum Gasteiger partial charge on any atom is -0.382 e. The van der Waals surface area contributed by atoms with E-state index < -0.39 is 65.3 Å². The van der Waals surface area contributed by atoms with Crippen molar-refractivity contribution in [2.24, 2.45) is 0 Å². The van der Waals surface area contributed by atoms with Crippen molar-refractivity contribution in [3.05, 3.63) is 77.9 Å². The lowest BCUT2D eigenvalue weighted by molar-refractivity contribution is 0.0108. The van der Waals surface area contributed by atoms with Gasteiger partial charge in [-0.3, -0.25) is 4.79 Å². The SMILES string of the molecule is CC(C(=O)c1ccc(S(C)(=O)=O)cc1)S(=O)(=O)[C@H](C)[C@](O)(Cn1cncn1)c1ccc(F)cc1F. The summed E-state index contributed by atoms with van der Waals surface area (Å²) in [7, 11) is -8.03. The first-order valence-electron chi connectivity index (χ1n) is 10.3. The zero-order valence-corrected chi connectivity index (χ0v) is 20.6. The third-order valence-corrected chi connectivity index (χ3v) is 9.57. The van der Waals surface area contributed by atoms with Crippen molar-refractivity contribution < 1.29 is 35.5 Å². The summed E-state index contributed by atoms with van der Waals surface area (Å²) < 4.78 is 79.6. The molecule has 0 amide bonds. The second kappa shape index (κ2) is 9.55. The van der Waals surface area contributed by atoms with Gasteiger partial charge in [0.1, 0.15) is 35.1 Å². The molecule has 0 aliphatic carbocycles. The Morgan fingerprint density at radius 3 is 2.23 bits per heavy atom. The number of hydrogen-bond donors (Lipinski definition) is 1. The van der Waals surface area contributed by atoms with Crippen LogP contribution in [0.2, 0.25) is 0 Å². The molecular formula is C22H23F2N3O6S2. The van der Waals surface area contributed by atoms with Gasteiger partial charge in [0, 0.05) is 23.4 Å². The molecule has 1 heterocycles. The Morgan fingerprint density at radius 1 is 1.09 bits per heavy atom. The average Bonchev–Trinajstić information content (AvgIpc) is 3.29. The van der Waals surface area contributed by atoms with Crippen LogP contribution in [0.3, 0.4) is 0 Å². The number of rotatable bonds is 9. The van der Waals surface area contributed by atoms with Crippen molar-refractivity contribution in [2.75, 3.05) is 6.26 Å². The third kappa shape index (κ3) is 5.31. The van der Waals surface area contributed by atoms with Crippen LogP contribution in [0.1, 0.15) is 29.8 Å². The largest absolute Gasteiger partial charge is 0.382 e. The lowest BCUT2D eigenvalue weighted by atomic mass is 9.90. The zero-order chi connectivity index (χ0) is 26.2. The Balaban J connectivity index is 2.02. The van der Waals surface area contributed by atoms with E-state index >= 15 is 0 Å². The normalized spacial score (nSPS) is 15.8. The van der Waals surface area contributed by atoms with Crippen molar-refractivity contribution >= 4 is 25.5 Å². The molecule has 3 atom stereocenters. The maximum Gasteiger partial charge on any atom is 0.180 e. The highest BCUT2D eigenvalue weighted by Gasteiger charge is 2.48. The number of aromatic nitrogens is 3. The summed E-state index contributed by atoms with van der Waals surface area (Å²) in [5.74, 6) is -2.95. The first-order chi connectivity index (χ1) is 16.2. The number of aliphatic hydroxyl groups is 1. The Bertz CT molecular complexity index is 1440. The summed E-state index contributed by atoms with van der Waals surface area (Å²) in [4.78, 5) is 16.7. The molecule has 0 aliphatic heterocycles. The molecule has 0 spiro atoms. The predicted molar refractivity (Wildman–Crippen MR) is 122 cm³/mol. The molecule has 2 aromatic carbocycles. The highest BCUT2D eigenvalue weighted by atomic mass is 32.2. The first kappa shape index (κ1) is 26.6. The lowest BCUT2D eigenvalue weighted by Crippen LogP contribution is -2.50. The summed E-state index contributed by atoms with van der Waals surface area (Å²) in [6.45, 7) is 1.68. The molecule has 188 valence electrons. The van der Waals surface area contributed by atoms with Gasteiger partial charge >= 0.3 is 0 Å². The van der Waals surface area contributed by atoms with Crippen LogP contribution >= 0.6 is 0 Å². The Kier molecular flexibility index (Phi) is 7.25. The van der Waals surface area contributed by atoms with E-state index in [0.717, 1.165) is 43.2 Å². The zero-order valence-electron chi connectivity index (χ0n) is 19.0. The highest BCUT2D eigenvalue weighted by molar-refractivity contribution is 7.93. The maximum atomic E-state index is 14.7. The van der Waals surface area contributed by atoms with Crippen molar-refractivity contribution in [3.63, 3.8) is 0 Å². The van der Waals surface area contributed by atoms with E-state index in [2.05, 4.69) is 10.1 Å². The van der Waals surface area contributed by atoms with Crippen LogP contribution in [0.5, 0.6) is 0 Å². The third-order valence-electron chi connectivity index (χ3n) is 5.86. The van der Waals surface area contributed by atoms with Crippen LogP contribution in [0, 0.1) is 11.6 Å². The smallest absolute Gasteiger partial charge is 0.180 e. The fourth-order valence-electron chi connectivity index (χ4n) is 3.66. The summed E-state index contributed by atoms with van der Waals surface area (Å²) in [5.41, 5.74) is -3.02. The standard InChI is InChI=1S/C22H23F2N3O6S2/c1-14(21(28)16-4-7-18(8-5-16)34(3,30)31)35(32,33)15(2)22(29,11-27-13-25-12-26-27)19-9-6-17(23)10-20(19)24/h4-10,12-15,29H,11H2,1-3H3/t14?,15-,22-/m1/s1. The van der Waals surface area contributed by atoms with E-state index in [1.807, 2.05) is 0 Å². The molecule has 9 nitrogen and oxygen atoms in total. The fraction of sp³-hybridized carbons (Fsp3) is 0.318. The Morgan fingerprint density at radius 2 is 1.71 bits per heavy atom. The molecule has 1 N–H and O–H groups in total. The van der Waals surface area contributed by atoms with Crippen LogP contribution in [-0.4, -0.2) is 59.2 Å². The first-order valence-corrected chi connectivity index (χ1v) is 13.8.